The van der Waals surface area contributed by atoms with Crippen LogP contribution in [0.25, 0.3) is 0 Å². The summed E-state index contributed by atoms with van der Waals surface area (Å²) in [6, 6.07) is 8.69. The second kappa shape index (κ2) is 14.1. The third-order valence-electron chi connectivity index (χ3n) is 6.01. The summed E-state index contributed by atoms with van der Waals surface area (Å²) in [6.07, 6.45) is 22.1. The van der Waals surface area contributed by atoms with Crippen molar-refractivity contribution in [3.8, 4) is 5.75 Å². The Labute approximate surface area is 162 Å². The van der Waals surface area contributed by atoms with E-state index >= 15 is 0 Å². The summed E-state index contributed by atoms with van der Waals surface area (Å²) in [7, 11) is 0. The summed E-state index contributed by atoms with van der Waals surface area (Å²) >= 11 is 0. The lowest BCUT2D eigenvalue weighted by atomic mass is 10.00. The van der Waals surface area contributed by atoms with E-state index in [-0.39, 0.29) is 0 Å². The summed E-state index contributed by atoms with van der Waals surface area (Å²) < 4.78 is 6.12. The second-order valence-electron chi connectivity index (χ2n) is 8.33. The van der Waals surface area contributed by atoms with Gasteiger partial charge in [0.05, 0.1) is 6.61 Å². The molecule has 1 saturated carbocycles. The van der Waals surface area contributed by atoms with Gasteiger partial charge in [-0.15, -0.1) is 0 Å². The standard InChI is InChI=1S/C25H42O/c1-2-3-4-5-6-7-10-19-24-20-13-14-21-25(24)26-22-15-8-9-16-23-17-11-12-18-23/h13-14,20-21,23H,2-12,15-19,22H2,1H3. The van der Waals surface area contributed by atoms with Crippen LogP contribution in [-0.4, -0.2) is 6.61 Å². The first kappa shape index (κ1) is 21.3. The smallest absolute Gasteiger partial charge is 0.122 e. The number of hydrogen-bond acceptors (Lipinski definition) is 1. The lowest BCUT2D eigenvalue weighted by Crippen LogP contribution is -2.01. The van der Waals surface area contributed by atoms with Crippen molar-refractivity contribution in [2.45, 2.75) is 110 Å². The first-order valence-electron chi connectivity index (χ1n) is 11.6. The Morgan fingerprint density at radius 3 is 2.31 bits per heavy atom. The van der Waals surface area contributed by atoms with Crippen molar-refractivity contribution in [2.24, 2.45) is 5.92 Å². The molecule has 0 heterocycles. The predicted molar refractivity (Wildman–Crippen MR) is 114 cm³/mol. The zero-order valence-electron chi connectivity index (χ0n) is 17.3. The summed E-state index contributed by atoms with van der Waals surface area (Å²) in [5.41, 5.74) is 1.41. The fourth-order valence-corrected chi connectivity index (χ4v) is 4.32. The Kier molecular flexibility index (Phi) is 11.6. The van der Waals surface area contributed by atoms with Gasteiger partial charge in [-0.05, 0) is 36.8 Å². The van der Waals surface area contributed by atoms with Gasteiger partial charge in [0, 0.05) is 0 Å². The van der Waals surface area contributed by atoms with E-state index in [0.29, 0.717) is 0 Å². The van der Waals surface area contributed by atoms with Gasteiger partial charge in [0.15, 0.2) is 0 Å². The SMILES string of the molecule is CCCCCCCCCc1ccccc1OCCCCCC1CCCC1. The van der Waals surface area contributed by atoms with Gasteiger partial charge in [-0.25, -0.2) is 0 Å². The first-order chi connectivity index (χ1) is 12.9. The van der Waals surface area contributed by atoms with E-state index in [1.165, 1.54) is 108 Å². The number of rotatable bonds is 15. The van der Waals surface area contributed by atoms with Crippen molar-refractivity contribution in [1.29, 1.82) is 0 Å². The number of unbranched alkanes of at least 4 members (excludes halogenated alkanes) is 8. The molecule has 0 unspecified atom stereocenters. The molecule has 0 radical (unpaired) electrons. The average molecular weight is 359 g/mol. The molecule has 2 rings (SSSR count). The zero-order valence-corrected chi connectivity index (χ0v) is 17.3. The Balaban J connectivity index is 1.54. The summed E-state index contributed by atoms with van der Waals surface area (Å²) in [5, 5.41) is 0. The highest BCUT2D eigenvalue weighted by molar-refractivity contribution is 5.33. The molecule has 0 N–H and O–H groups in total. The maximum atomic E-state index is 6.12. The molecule has 0 bridgehead atoms. The lowest BCUT2D eigenvalue weighted by Gasteiger charge is -2.12. The molecule has 1 aliphatic carbocycles. The van der Waals surface area contributed by atoms with E-state index in [4.69, 9.17) is 4.74 Å². The molecule has 1 heteroatoms. The number of aryl methyl sites for hydroxylation is 1. The molecule has 1 aromatic rings. The number of hydrogen-bond donors (Lipinski definition) is 0. The molecule has 1 nitrogen and oxygen atoms in total. The predicted octanol–water partition coefficient (Wildman–Crippen LogP) is 8.11. The third-order valence-corrected chi connectivity index (χ3v) is 6.01. The van der Waals surface area contributed by atoms with Crippen molar-refractivity contribution < 1.29 is 4.74 Å². The van der Waals surface area contributed by atoms with E-state index in [1.807, 2.05) is 0 Å². The number of benzene rings is 1. The molecule has 148 valence electrons. The highest BCUT2D eigenvalue weighted by Crippen LogP contribution is 2.29. The quantitative estimate of drug-likeness (QED) is 0.288. The first-order valence-corrected chi connectivity index (χ1v) is 11.6. The monoisotopic (exact) mass is 358 g/mol. The van der Waals surface area contributed by atoms with Crippen molar-refractivity contribution in [2.75, 3.05) is 6.61 Å². The fourth-order valence-electron chi connectivity index (χ4n) is 4.32. The van der Waals surface area contributed by atoms with Crippen LogP contribution in [0, 0.1) is 5.92 Å². The van der Waals surface area contributed by atoms with E-state index in [2.05, 4.69) is 31.2 Å². The van der Waals surface area contributed by atoms with Gasteiger partial charge in [0.1, 0.15) is 5.75 Å². The van der Waals surface area contributed by atoms with Gasteiger partial charge in [-0.1, -0.05) is 109 Å². The van der Waals surface area contributed by atoms with Gasteiger partial charge >= 0.3 is 0 Å². The van der Waals surface area contributed by atoms with Gasteiger partial charge in [0.25, 0.3) is 0 Å². The van der Waals surface area contributed by atoms with Crippen LogP contribution >= 0.6 is 0 Å². The zero-order chi connectivity index (χ0) is 18.3. The van der Waals surface area contributed by atoms with Gasteiger partial charge in [0.2, 0.25) is 0 Å². The molecule has 0 saturated heterocycles. The molecule has 1 fully saturated rings. The van der Waals surface area contributed by atoms with E-state index in [1.54, 1.807) is 0 Å². The third kappa shape index (κ3) is 9.10. The molecule has 0 atom stereocenters. The minimum atomic E-state index is 0.888. The van der Waals surface area contributed by atoms with Crippen LogP contribution in [0.5, 0.6) is 5.75 Å². The highest BCUT2D eigenvalue weighted by atomic mass is 16.5. The van der Waals surface area contributed by atoms with Crippen LogP contribution in [0.1, 0.15) is 109 Å². The van der Waals surface area contributed by atoms with Gasteiger partial charge in [-0.2, -0.15) is 0 Å². The number of ether oxygens (including phenoxy) is 1. The maximum Gasteiger partial charge on any atom is 0.122 e. The molecular formula is C25H42O. The topological polar surface area (TPSA) is 9.23 Å². The van der Waals surface area contributed by atoms with Crippen molar-refractivity contribution in [3.05, 3.63) is 29.8 Å². The Bertz CT molecular complexity index is 447. The molecule has 0 aliphatic heterocycles. The maximum absolute atomic E-state index is 6.12. The lowest BCUT2D eigenvalue weighted by molar-refractivity contribution is 0.299. The van der Waals surface area contributed by atoms with Crippen molar-refractivity contribution in [3.63, 3.8) is 0 Å². The molecule has 1 aliphatic rings. The van der Waals surface area contributed by atoms with Crippen LogP contribution in [0.3, 0.4) is 0 Å². The van der Waals surface area contributed by atoms with Crippen LogP contribution < -0.4 is 4.74 Å². The van der Waals surface area contributed by atoms with Crippen LogP contribution in [-0.2, 0) is 6.42 Å². The van der Waals surface area contributed by atoms with Crippen molar-refractivity contribution in [1.82, 2.24) is 0 Å². The molecular weight excluding hydrogens is 316 g/mol. The van der Waals surface area contributed by atoms with Crippen LogP contribution in [0.4, 0.5) is 0 Å². The Morgan fingerprint density at radius 1 is 0.808 bits per heavy atom. The normalized spacial score (nSPS) is 14.8. The minimum absolute atomic E-state index is 0.888. The number of para-hydroxylation sites is 1. The average Bonchev–Trinajstić information content (AvgIpc) is 3.18. The fraction of sp³-hybridized carbons (Fsp3) is 0.760. The summed E-state index contributed by atoms with van der Waals surface area (Å²) in [4.78, 5) is 0. The van der Waals surface area contributed by atoms with Crippen LogP contribution in [0.2, 0.25) is 0 Å². The molecule has 1 aromatic carbocycles. The van der Waals surface area contributed by atoms with E-state index < -0.39 is 0 Å². The Morgan fingerprint density at radius 2 is 1.50 bits per heavy atom. The second-order valence-corrected chi connectivity index (χ2v) is 8.33. The van der Waals surface area contributed by atoms with E-state index in [0.717, 1.165) is 18.3 Å². The van der Waals surface area contributed by atoms with Crippen molar-refractivity contribution >= 4 is 0 Å². The molecule has 0 spiro atoms. The Hall–Kier alpha value is -0.980. The molecule has 26 heavy (non-hydrogen) atoms. The minimum Gasteiger partial charge on any atom is -0.493 e. The van der Waals surface area contributed by atoms with Crippen LogP contribution in [0.15, 0.2) is 24.3 Å². The summed E-state index contributed by atoms with van der Waals surface area (Å²) in [6.45, 7) is 3.17. The highest BCUT2D eigenvalue weighted by Gasteiger charge is 2.13. The van der Waals surface area contributed by atoms with Gasteiger partial charge < -0.3 is 4.74 Å². The molecule has 0 aromatic heterocycles. The summed E-state index contributed by atoms with van der Waals surface area (Å²) in [5.74, 6) is 2.17. The van der Waals surface area contributed by atoms with Gasteiger partial charge in [-0.3, -0.25) is 0 Å². The molecule has 0 amide bonds. The van der Waals surface area contributed by atoms with E-state index in [9.17, 15) is 0 Å². The largest absolute Gasteiger partial charge is 0.493 e.